The zero-order valence-electron chi connectivity index (χ0n) is 28.1. The number of ether oxygens (including phenoxy) is 10. The molecule has 0 radical (unpaired) electrons. The van der Waals surface area contributed by atoms with E-state index in [9.17, 15) is 19.8 Å². The van der Waals surface area contributed by atoms with E-state index in [2.05, 4.69) is 0 Å². The maximum Gasteiger partial charge on any atom is 0.315 e. The maximum absolute atomic E-state index is 13.7. The highest BCUT2D eigenvalue weighted by atomic mass is 16.8. The zero-order valence-corrected chi connectivity index (χ0v) is 28.1. The lowest BCUT2D eigenvalue weighted by atomic mass is 9.66. The summed E-state index contributed by atoms with van der Waals surface area (Å²) in [4.78, 5) is 26.7. The SMILES string of the molecule is COc1cc([C@@H]2c3cc4c(cc3C(OC3OC5COC(C)OC5C(O)C3O)C3COC(=O)[C@@H]32)OCO4)cc(OC)c1OC(=O)Cc1ccccc1. The maximum atomic E-state index is 13.7. The number of esters is 2. The Hall–Kier alpha value is -4.44. The number of cyclic esters (lactones) is 1. The van der Waals surface area contributed by atoms with Crippen LogP contribution in [-0.4, -0.2) is 93.4 Å². The summed E-state index contributed by atoms with van der Waals surface area (Å²) in [5, 5.41) is 22.2. The number of carbonyl (C=O) groups is 2. The van der Waals surface area contributed by atoms with Crippen LogP contribution in [0.2, 0.25) is 0 Å². The fourth-order valence-corrected chi connectivity index (χ4v) is 7.73. The number of fused-ring (bicyclic) bond motifs is 4. The number of rotatable bonds is 8. The van der Waals surface area contributed by atoms with Crippen molar-refractivity contribution in [2.75, 3.05) is 34.2 Å². The first-order valence-corrected chi connectivity index (χ1v) is 16.8. The molecule has 2 N–H and O–H groups in total. The van der Waals surface area contributed by atoms with Crippen molar-refractivity contribution in [1.82, 2.24) is 0 Å². The molecular weight excluding hydrogens is 668 g/mol. The molecule has 3 saturated heterocycles. The molecule has 0 amide bonds. The molecule has 4 aliphatic heterocycles. The largest absolute Gasteiger partial charge is 0.493 e. The standard InChI is InChI=1S/C37H38O14/c1-17-44-15-27-35(48-17)31(39)32(40)37(49-27)51-33-21-13-24-23(46-16-47-24)12-20(21)29(30-22(33)14-45-36(30)41)19-10-25(42-2)34(26(11-19)43-3)50-28(38)9-18-7-5-4-6-8-18/h4-8,10-13,17,22,27,29-33,35,37,39-40H,9,14-16H2,1-3H3/t17?,22?,27?,29-,30+,31?,32?,33?,35?,37?/m1/s1. The van der Waals surface area contributed by atoms with Gasteiger partial charge in [-0.05, 0) is 53.4 Å². The minimum absolute atomic E-state index is 0.00609. The summed E-state index contributed by atoms with van der Waals surface area (Å²) in [5.74, 6) is -1.41. The lowest BCUT2D eigenvalue weighted by molar-refractivity contribution is -0.364. The van der Waals surface area contributed by atoms with Crippen LogP contribution in [0.3, 0.4) is 0 Å². The number of aliphatic hydroxyl groups is 2. The van der Waals surface area contributed by atoms with Gasteiger partial charge in [-0.1, -0.05) is 30.3 Å². The second-order valence-corrected chi connectivity index (χ2v) is 13.1. The molecule has 0 aromatic heterocycles. The summed E-state index contributed by atoms with van der Waals surface area (Å²) in [6.07, 6.45) is -6.95. The van der Waals surface area contributed by atoms with E-state index >= 15 is 0 Å². The van der Waals surface area contributed by atoms with E-state index < -0.39 is 72.8 Å². The lowest BCUT2D eigenvalue weighted by Gasteiger charge is -2.47. The van der Waals surface area contributed by atoms with Gasteiger partial charge < -0.3 is 57.6 Å². The third kappa shape index (κ3) is 6.05. The summed E-state index contributed by atoms with van der Waals surface area (Å²) >= 11 is 0. The smallest absolute Gasteiger partial charge is 0.315 e. The second kappa shape index (κ2) is 13.6. The van der Waals surface area contributed by atoms with E-state index in [1.165, 1.54) is 14.2 Å². The summed E-state index contributed by atoms with van der Waals surface area (Å²) in [5.41, 5.74) is 2.73. The summed E-state index contributed by atoms with van der Waals surface area (Å²) < 4.78 is 58.4. The number of hydrogen-bond donors (Lipinski definition) is 2. The van der Waals surface area contributed by atoms with Crippen molar-refractivity contribution < 1.29 is 67.2 Å². The quantitative estimate of drug-likeness (QED) is 0.259. The minimum Gasteiger partial charge on any atom is -0.493 e. The molecule has 270 valence electrons. The molecule has 10 atom stereocenters. The molecule has 8 rings (SSSR count). The Morgan fingerprint density at radius 1 is 0.882 bits per heavy atom. The molecule has 8 unspecified atom stereocenters. The van der Waals surface area contributed by atoms with Crippen LogP contribution in [0, 0.1) is 11.8 Å². The van der Waals surface area contributed by atoms with Gasteiger partial charge in [0.1, 0.15) is 24.4 Å². The first kappa shape index (κ1) is 33.7. The van der Waals surface area contributed by atoms with E-state index in [0.717, 1.165) is 5.56 Å². The van der Waals surface area contributed by atoms with E-state index in [1.54, 1.807) is 31.2 Å². The van der Waals surface area contributed by atoms with E-state index in [1.807, 2.05) is 30.3 Å². The van der Waals surface area contributed by atoms with Crippen LogP contribution in [0.4, 0.5) is 0 Å². The molecular formula is C37H38O14. The van der Waals surface area contributed by atoms with Gasteiger partial charge in [0.2, 0.25) is 12.5 Å². The Bertz CT molecular complexity index is 1770. The van der Waals surface area contributed by atoms with Crippen molar-refractivity contribution in [1.29, 1.82) is 0 Å². The second-order valence-electron chi connectivity index (χ2n) is 13.1. The Kier molecular flexibility index (Phi) is 8.98. The van der Waals surface area contributed by atoms with Crippen LogP contribution in [0.15, 0.2) is 54.6 Å². The highest BCUT2D eigenvalue weighted by Crippen LogP contribution is 2.57. The molecule has 1 aliphatic carbocycles. The van der Waals surface area contributed by atoms with Crippen molar-refractivity contribution in [3.63, 3.8) is 0 Å². The minimum atomic E-state index is -1.46. The molecule has 0 bridgehead atoms. The topological polar surface area (TPSA) is 167 Å². The van der Waals surface area contributed by atoms with Gasteiger partial charge in [0.15, 0.2) is 35.6 Å². The molecule has 4 heterocycles. The van der Waals surface area contributed by atoms with Gasteiger partial charge in [-0.15, -0.1) is 0 Å². The third-order valence-corrected chi connectivity index (χ3v) is 10.1. The van der Waals surface area contributed by atoms with Crippen LogP contribution in [-0.2, 0) is 39.7 Å². The number of aliphatic hydroxyl groups excluding tert-OH is 2. The fourth-order valence-electron chi connectivity index (χ4n) is 7.73. The van der Waals surface area contributed by atoms with Gasteiger partial charge in [-0.2, -0.15) is 0 Å². The normalized spacial score (nSPS) is 31.9. The van der Waals surface area contributed by atoms with Crippen molar-refractivity contribution in [2.45, 2.75) is 62.4 Å². The first-order chi connectivity index (χ1) is 24.7. The van der Waals surface area contributed by atoms with E-state index in [-0.39, 0.29) is 43.7 Å². The summed E-state index contributed by atoms with van der Waals surface area (Å²) in [6, 6.07) is 16.2. The van der Waals surface area contributed by atoms with Crippen LogP contribution in [0.5, 0.6) is 28.7 Å². The van der Waals surface area contributed by atoms with Crippen molar-refractivity contribution >= 4 is 11.9 Å². The predicted octanol–water partition coefficient (Wildman–Crippen LogP) is 2.78. The van der Waals surface area contributed by atoms with Gasteiger partial charge >= 0.3 is 11.9 Å². The van der Waals surface area contributed by atoms with Crippen LogP contribution < -0.4 is 23.7 Å². The van der Waals surface area contributed by atoms with Crippen molar-refractivity contribution in [3.8, 4) is 28.7 Å². The molecule has 3 fully saturated rings. The third-order valence-electron chi connectivity index (χ3n) is 10.1. The highest BCUT2D eigenvalue weighted by molar-refractivity contribution is 5.80. The van der Waals surface area contributed by atoms with E-state index in [0.29, 0.717) is 28.2 Å². The predicted molar refractivity (Wildman–Crippen MR) is 172 cm³/mol. The fraction of sp³-hybridized carbons (Fsp3) is 0.459. The van der Waals surface area contributed by atoms with Gasteiger partial charge in [0.25, 0.3) is 0 Å². The zero-order chi connectivity index (χ0) is 35.4. The summed E-state index contributed by atoms with van der Waals surface area (Å²) in [7, 11) is 2.90. The summed E-state index contributed by atoms with van der Waals surface area (Å²) in [6.45, 7) is 1.85. The Morgan fingerprint density at radius 3 is 2.29 bits per heavy atom. The number of carbonyl (C=O) groups excluding carboxylic acids is 2. The number of benzene rings is 3. The van der Waals surface area contributed by atoms with Gasteiger partial charge in [0.05, 0.1) is 45.9 Å². The molecule has 3 aromatic carbocycles. The first-order valence-electron chi connectivity index (χ1n) is 16.8. The molecule has 14 nitrogen and oxygen atoms in total. The van der Waals surface area contributed by atoms with Crippen molar-refractivity contribution in [2.24, 2.45) is 11.8 Å². The average molecular weight is 707 g/mol. The highest BCUT2D eigenvalue weighted by Gasteiger charge is 2.56. The Balaban J connectivity index is 1.17. The Morgan fingerprint density at radius 2 is 1.59 bits per heavy atom. The average Bonchev–Trinajstić information content (AvgIpc) is 3.76. The van der Waals surface area contributed by atoms with Crippen LogP contribution in [0.25, 0.3) is 0 Å². The lowest BCUT2D eigenvalue weighted by Crippen LogP contribution is -2.63. The molecule has 14 heteroatoms. The van der Waals surface area contributed by atoms with Crippen LogP contribution in [0.1, 0.15) is 41.2 Å². The van der Waals surface area contributed by atoms with Gasteiger partial charge in [-0.25, -0.2) is 0 Å². The van der Waals surface area contributed by atoms with Crippen molar-refractivity contribution in [3.05, 3.63) is 76.9 Å². The monoisotopic (exact) mass is 706 g/mol. The Labute approximate surface area is 292 Å². The molecule has 3 aromatic rings. The number of hydrogen-bond acceptors (Lipinski definition) is 14. The molecule has 0 spiro atoms. The van der Waals surface area contributed by atoms with Gasteiger partial charge in [0, 0.05) is 11.8 Å². The van der Waals surface area contributed by atoms with E-state index in [4.69, 9.17) is 47.4 Å². The molecule has 51 heavy (non-hydrogen) atoms. The van der Waals surface area contributed by atoms with Gasteiger partial charge in [-0.3, -0.25) is 9.59 Å². The number of methoxy groups -OCH3 is 2. The molecule has 0 saturated carbocycles. The van der Waals surface area contributed by atoms with Crippen LogP contribution >= 0.6 is 0 Å². The molecule has 5 aliphatic rings.